The highest BCUT2D eigenvalue weighted by Crippen LogP contribution is 2.50. The van der Waals surface area contributed by atoms with Gasteiger partial charge in [-0.25, -0.2) is 9.78 Å². The Kier molecular flexibility index (Phi) is 7.08. The monoisotopic (exact) mass is 419 g/mol. The highest BCUT2D eigenvalue weighted by Gasteiger charge is 2.63. The number of aromatic nitrogens is 1. The zero-order chi connectivity index (χ0) is 19.9. The average Bonchev–Trinajstić information content (AvgIpc) is 2.97. The molecule has 1 amide bonds. The molecule has 154 valence electrons. The molecule has 1 aromatic heterocycles. The van der Waals surface area contributed by atoms with Crippen LogP contribution in [-0.2, 0) is 19.7 Å². The predicted molar refractivity (Wildman–Crippen MR) is 109 cm³/mol. The number of nitrogens with one attached hydrogen (secondary N) is 1. The maximum atomic E-state index is 12.9. The highest BCUT2D eigenvalue weighted by atomic mass is 35.5. The van der Waals surface area contributed by atoms with Gasteiger partial charge >= 0.3 is 5.97 Å². The minimum atomic E-state index is -1.05. The van der Waals surface area contributed by atoms with Crippen molar-refractivity contribution in [1.29, 1.82) is 0 Å². The van der Waals surface area contributed by atoms with E-state index in [1.807, 2.05) is 41.5 Å². The van der Waals surface area contributed by atoms with Gasteiger partial charge in [-0.1, -0.05) is 46.0 Å². The van der Waals surface area contributed by atoms with Crippen LogP contribution in [0.5, 0.6) is 0 Å². The van der Waals surface area contributed by atoms with E-state index in [4.69, 9.17) is 15.2 Å². The summed E-state index contributed by atoms with van der Waals surface area (Å²) in [5.74, 6) is -0.778. The first-order valence-corrected chi connectivity index (χ1v) is 9.51. The molecule has 0 aliphatic heterocycles. The molecule has 1 heterocycles. The van der Waals surface area contributed by atoms with Gasteiger partial charge in [-0.2, -0.15) is 0 Å². The number of thiazole rings is 1. The van der Waals surface area contributed by atoms with E-state index in [2.05, 4.69) is 10.3 Å². The third-order valence-electron chi connectivity index (χ3n) is 5.16. The maximum absolute atomic E-state index is 12.9. The van der Waals surface area contributed by atoms with E-state index in [-0.39, 0.29) is 29.8 Å². The van der Waals surface area contributed by atoms with E-state index in [9.17, 15) is 9.59 Å². The fourth-order valence-corrected chi connectivity index (χ4v) is 4.23. The molecule has 2 unspecified atom stereocenters. The fourth-order valence-electron chi connectivity index (χ4n) is 3.14. The lowest BCUT2D eigenvalue weighted by Crippen LogP contribution is -2.74. The Labute approximate surface area is 170 Å². The van der Waals surface area contributed by atoms with Crippen LogP contribution >= 0.6 is 23.7 Å². The summed E-state index contributed by atoms with van der Waals surface area (Å²) in [7, 11) is 1.33. The number of nitrogens with zero attached hydrogens (tertiary/aromatic N) is 1. The number of amides is 1. The molecule has 1 saturated carbocycles. The molecular weight excluding hydrogens is 390 g/mol. The Hall–Kier alpha value is -1.22. The molecule has 9 heteroatoms. The van der Waals surface area contributed by atoms with Gasteiger partial charge in [0, 0.05) is 23.9 Å². The topological polar surface area (TPSA) is 104 Å². The summed E-state index contributed by atoms with van der Waals surface area (Å²) in [6.07, 6.45) is 0.386. The Morgan fingerprint density at radius 1 is 1.37 bits per heavy atom. The number of esters is 1. The molecule has 2 atom stereocenters. The third kappa shape index (κ3) is 4.13. The van der Waals surface area contributed by atoms with Crippen LogP contribution in [0.2, 0.25) is 0 Å². The van der Waals surface area contributed by atoms with Crippen molar-refractivity contribution in [3.05, 3.63) is 10.6 Å². The fraction of sp³-hybridized carbons (Fsp3) is 0.722. The van der Waals surface area contributed by atoms with Crippen LogP contribution in [0.1, 0.15) is 63.3 Å². The Morgan fingerprint density at radius 2 is 1.96 bits per heavy atom. The van der Waals surface area contributed by atoms with Gasteiger partial charge in [0.2, 0.25) is 5.91 Å². The van der Waals surface area contributed by atoms with Crippen LogP contribution in [0.3, 0.4) is 0 Å². The van der Waals surface area contributed by atoms with Gasteiger partial charge < -0.3 is 20.5 Å². The zero-order valence-electron chi connectivity index (χ0n) is 17.0. The molecule has 7 nitrogen and oxygen atoms in total. The molecule has 1 fully saturated rings. The Morgan fingerprint density at radius 3 is 2.41 bits per heavy atom. The number of hydrogen-bond acceptors (Lipinski definition) is 7. The zero-order valence-corrected chi connectivity index (χ0v) is 18.6. The number of halogens is 1. The smallest absolute Gasteiger partial charge is 0.350 e. The molecular formula is C18H30ClN3O4S. The van der Waals surface area contributed by atoms with E-state index in [1.54, 1.807) is 0 Å². The molecule has 1 aliphatic carbocycles. The molecule has 1 aliphatic rings. The van der Waals surface area contributed by atoms with Gasteiger partial charge in [0.15, 0.2) is 5.13 Å². The molecule has 27 heavy (non-hydrogen) atoms. The second-order valence-corrected chi connectivity index (χ2v) is 9.23. The number of rotatable bonds is 5. The van der Waals surface area contributed by atoms with Crippen molar-refractivity contribution in [2.45, 2.75) is 65.0 Å². The summed E-state index contributed by atoms with van der Waals surface area (Å²) in [5.41, 5.74) is 5.09. The largest absolute Gasteiger partial charge is 0.465 e. The van der Waals surface area contributed by atoms with Gasteiger partial charge in [-0.3, -0.25) is 4.79 Å². The lowest BCUT2D eigenvalue weighted by atomic mass is 9.54. The summed E-state index contributed by atoms with van der Waals surface area (Å²) in [6, 6.07) is 0. The Bertz CT molecular complexity index is 714. The van der Waals surface area contributed by atoms with Crippen LogP contribution in [-0.4, -0.2) is 42.2 Å². The number of hydrogen-bond donors (Lipinski definition) is 2. The molecule has 0 aromatic carbocycles. The molecule has 1 aromatic rings. The summed E-state index contributed by atoms with van der Waals surface area (Å²) >= 11 is 1.10. The third-order valence-corrected chi connectivity index (χ3v) is 6.11. The van der Waals surface area contributed by atoms with Gasteiger partial charge in [-0.15, -0.1) is 12.4 Å². The first-order chi connectivity index (χ1) is 11.9. The van der Waals surface area contributed by atoms with Crippen LogP contribution in [0, 0.1) is 5.41 Å². The minimum Gasteiger partial charge on any atom is -0.465 e. The lowest BCUT2D eigenvalue weighted by molar-refractivity contribution is -0.166. The van der Waals surface area contributed by atoms with Crippen molar-refractivity contribution in [3.63, 3.8) is 0 Å². The quantitative estimate of drug-likeness (QED) is 0.710. The van der Waals surface area contributed by atoms with Crippen LogP contribution in [0.25, 0.3) is 0 Å². The number of anilines is 1. The van der Waals surface area contributed by atoms with E-state index < -0.39 is 16.9 Å². The van der Waals surface area contributed by atoms with Crippen molar-refractivity contribution < 1.29 is 19.1 Å². The minimum absolute atomic E-state index is 0. The standard InChI is InChI=1S/C18H29N3O4S.ClH/c1-8-25-10-9-18(19,17(10,5)6)14(23)21-15-20-12(16(2,3)4)11(26-15)13(22)24-7;/h10H,8-9,19H2,1-7H3,(H,20,21,23);1H. The van der Waals surface area contributed by atoms with E-state index in [1.165, 1.54) is 7.11 Å². The molecule has 0 bridgehead atoms. The normalized spacial score (nSPS) is 23.8. The van der Waals surface area contributed by atoms with Crippen molar-refractivity contribution in [2.24, 2.45) is 11.1 Å². The first-order valence-electron chi connectivity index (χ1n) is 8.70. The van der Waals surface area contributed by atoms with Crippen molar-refractivity contribution in [1.82, 2.24) is 4.98 Å². The van der Waals surface area contributed by atoms with Crippen LogP contribution in [0.15, 0.2) is 0 Å². The van der Waals surface area contributed by atoms with Crippen molar-refractivity contribution >= 4 is 40.8 Å². The maximum Gasteiger partial charge on any atom is 0.350 e. The van der Waals surface area contributed by atoms with Crippen LogP contribution in [0.4, 0.5) is 5.13 Å². The summed E-state index contributed by atoms with van der Waals surface area (Å²) < 4.78 is 10.5. The van der Waals surface area contributed by atoms with E-state index >= 15 is 0 Å². The average molecular weight is 420 g/mol. The lowest BCUT2D eigenvalue weighted by Gasteiger charge is -2.57. The van der Waals surface area contributed by atoms with Gasteiger partial charge in [0.25, 0.3) is 0 Å². The number of ether oxygens (including phenoxy) is 2. The van der Waals surface area contributed by atoms with Gasteiger partial charge in [0.1, 0.15) is 10.4 Å². The Balaban J connectivity index is 0.00000364. The number of carbonyl (C=O) groups excluding carboxylic acids is 2. The molecule has 0 spiro atoms. The highest BCUT2D eigenvalue weighted by molar-refractivity contribution is 7.17. The SMILES string of the molecule is CCOC1CC(N)(C(=O)Nc2nc(C(C)(C)C)c(C(=O)OC)s2)C1(C)C.Cl. The van der Waals surface area contributed by atoms with Gasteiger partial charge in [0.05, 0.1) is 18.9 Å². The number of nitrogens with two attached hydrogens (primary N) is 1. The molecule has 0 radical (unpaired) electrons. The predicted octanol–water partition coefficient (Wildman–Crippen LogP) is 3.12. The summed E-state index contributed by atoms with van der Waals surface area (Å²) in [5, 5.41) is 3.14. The number of carbonyl (C=O) groups is 2. The molecule has 2 rings (SSSR count). The van der Waals surface area contributed by atoms with Gasteiger partial charge in [-0.05, 0) is 6.92 Å². The molecule has 0 saturated heterocycles. The van der Waals surface area contributed by atoms with Crippen molar-refractivity contribution in [3.8, 4) is 0 Å². The molecule has 3 N–H and O–H groups in total. The first kappa shape index (κ1) is 23.8. The van der Waals surface area contributed by atoms with E-state index in [0.717, 1.165) is 11.3 Å². The summed E-state index contributed by atoms with van der Waals surface area (Å²) in [4.78, 5) is 29.8. The summed E-state index contributed by atoms with van der Waals surface area (Å²) in [6.45, 7) is 12.2. The van der Waals surface area contributed by atoms with E-state index in [0.29, 0.717) is 28.7 Å². The number of methoxy groups -OCH3 is 1. The second-order valence-electron chi connectivity index (χ2n) is 8.23. The van der Waals surface area contributed by atoms with Crippen LogP contribution < -0.4 is 11.1 Å². The second kappa shape index (κ2) is 8.03. The van der Waals surface area contributed by atoms with Crippen molar-refractivity contribution in [2.75, 3.05) is 19.0 Å².